The lowest BCUT2D eigenvalue weighted by Crippen LogP contribution is -2.46. The second-order valence-electron chi connectivity index (χ2n) is 6.57. The second-order valence-corrected chi connectivity index (χ2v) is 6.57. The minimum absolute atomic E-state index is 0.0777. The number of amides is 1. The first-order valence-electron chi connectivity index (χ1n) is 8.04. The first-order chi connectivity index (χ1) is 10.5. The molecular formula is C15H22F2N4O. The molecule has 0 aromatic carbocycles. The highest BCUT2D eigenvalue weighted by molar-refractivity contribution is 5.79. The molecule has 5 nitrogen and oxygen atoms in total. The van der Waals surface area contributed by atoms with Crippen LogP contribution in [0.1, 0.15) is 38.5 Å². The Kier molecular flexibility index (Phi) is 4.40. The maximum absolute atomic E-state index is 13.5. The van der Waals surface area contributed by atoms with Gasteiger partial charge in [-0.15, -0.1) is 5.10 Å². The predicted octanol–water partition coefficient (Wildman–Crippen LogP) is 2.34. The van der Waals surface area contributed by atoms with Gasteiger partial charge in [0.15, 0.2) is 0 Å². The number of alkyl halides is 2. The maximum atomic E-state index is 13.5. The van der Waals surface area contributed by atoms with Crippen LogP contribution in [-0.4, -0.2) is 44.8 Å². The van der Waals surface area contributed by atoms with E-state index in [4.69, 9.17) is 0 Å². The van der Waals surface area contributed by atoms with Gasteiger partial charge in [-0.1, -0.05) is 5.21 Å². The predicted molar refractivity (Wildman–Crippen MR) is 76.2 cm³/mol. The number of carbonyl (C=O) groups is 1. The summed E-state index contributed by atoms with van der Waals surface area (Å²) < 4.78 is 28.8. The zero-order valence-corrected chi connectivity index (χ0v) is 12.6. The van der Waals surface area contributed by atoms with Crippen LogP contribution in [-0.2, 0) is 11.3 Å². The molecule has 0 N–H and O–H groups in total. The molecule has 7 heteroatoms. The number of hydrogen-bond acceptors (Lipinski definition) is 3. The first kappa shape index (κ1) is 15.4. The second kappa shape index (κ2) is 6.30. The van der Waals surface area contributed by atoms with Crippen LogP contribution in [0.25, 0.3) is 0 Å². The summed E-state index contributed by atoms with van der Waals surface area (Å²) >= 11 is 0. The minimum Gasteiger partial charge on any atom is -0.342 e. The van der Waals surface area contributed by atoms with Crippen molar-refractivity contribution in [2.24, 2.45) is 11.8 Å². The van der Waals surface area contributed by atoms with Crippen LogP contribution in [0.2, 0.25) is 0 Å². The topological polar surface area (TPSA) is 51.0 Å². The van der Waals surface area contributed by atoms with E-state index in [1.807, 2.05) is 6.20 Å². The maximum Gasteiger partial charge on any atom is 0.248 e. The Morgan fingerprint density at radius 1 is 1.32 bits per heavy atom. The molecule has 2 fully saturated rings. The lowest BCUT2D eigenvalue weighted by atomic mass is 9.85. The van der Waals surface area contributed by atoms with Crippen molar-refractivity contribution in [3.05, 3.63) is 12.4 Å². The van der Waals surface area contributed by atoms with Crippen molar-refractivity contribution < 1.29 is 13.6 Å². The fourth-order valence-electron chi connectivity index (χ4n) is 3.65. The number of halogens is 2. The van der Waals surface area contributed by atoms with Gasteiger partial charge in [-0.3, -0.25) is 9.48 Å². The molecule has 1 aliphatic carbocycles. The Morgan fingerprint density at radius 2 is 2.18 bits per heavy atom. The summed E-state index contributed by atoms with van der Waals surface area (Å²) in [5.74, 6) is -2.94. The quantitative estimate of drug-likeness (QED) is 0.861. The van der Waals surface area contributed by atoms with Gasteiger partial charge >= 0.3 is 0 Å². The van der Waals surface area contributed by atoms with Crippen LogP contribution < -0.4 is 0 Å². The summed E-state index contributed by atoms with van der Waals surface area (Å²) in [4.78, 5) is 14.3. The number of nitrogens with zero attached hydrogens (tertiary/aromatic N) is 4. The van der Waals surface area contributed by atoms with Crippen molar-refractivity contribution in [1.82, 2.24) is 19.9 Å². The fraction of sp³-hybridized carbons (Fsp3) is 0.800. The standard InChI is InChI=1S/C15H22F2N4O/c16-15(17)5-1-4-13(9-15)14(22)20-7-2-3-12(10-20)11-21-8-6-18-19-21/h6,8,12-13H,1-5,7,9-11H2/t12-,13+/m0/s1. The van der Waals surface area contributed by atoms with E-state index in [1.54, 1.807) is 15.8 Å². The van der Waals surface area contributed by atoms with E-state index >= 15 is 0 Å². The van der Waals surface area contributed by atoms with Gasteiger partial charge in [0.25, 0.3) is 0 Å². The van der Waals surface area contributed by atoms with E-state index in [9.17, 15) is 13.6 Å². The van der Waals surface area contributed by atoms with Crippen LogP contribution in [0.4, 0.5) is 8.78 Å². The van der Waals surface area contributed by atoms with Crippen LogP contribution in [0.5, 0.6) is 0 Å². The van der Waals surface area contributed by atoms with Crippen molar-refractivity contribution >= 4 is 5.91 Å². The SMILES string of the molecule is O=C([C@@H]1CCCC(F)(F)C1)N1CCC[C@H](Cn2ccnn2)C1. The molecule has 0 radical (unpaired) electrons. The number of piperidine rings is 1. The van der Waals surface area contributed by atoms with Gasteiger partial charge < -0.3 is 4.90 Å². The third kappa shape index (κ3) is 3.62. The van der Waals surface area contributed by atoms with E-state index < -0.39 is 11.8 Å². The Bertz CT molecular complexity index is 506. The Hall–Kier alpha value is -1.53. The molecule has 2 atom stereocenters. The van der Waals surface area contributed by atoms with Crippen molar-refractivity contribution in [1.29, 1.82) is 0 Å². The molecule has 122 valence electrons. The number of likely N-dealkylation sites (tertiary alicyclic amines) is 1. The monoisotopic (exact) mass is 312 g/mol. The molecule has 2 aliphatic rings. The van der Waals surface area contributed by atoms with Crippen molar-refractivity contribution in [2.45, 2.75) is 51.0 Å². The molecular weight excluding hydrogens is 290 g/mol. The molecule has 0 spiro atoms. The fourth-order valence-corrected chi connectivity index (χ4v) is 3.65. The van der Waals surface area contributed by atoms with Gasteiger partial charge in [-0.2, -0.15) is 0 Å². The van der Waals surface area contributed by atoms with E-state index in [2.05, 4.69) is 10.3 Å². The zero-order chi connectivity index (χ0) is 15.6. The molecule has 3 rings (SSSR count). The van der Waals surface area contributed by atoms with Gasteiger partial charge in [0.05, 0.1) is 6.20 Å². The molecule has 22 heavy (non-hydrogen) atoms. The molecule has 1 saturated carbocycles. The first-order valence-corrected chi connectivity index (χ1v) is 8.04. The number of hydrogen-bond donors (Lipinski definition) is 0. The molecule has 0 bridgehead atoms. The zero-order valence-electron chi connectivity index (χ0n) is 12.6. The number of rotatable bonds is 3. The average Bonchev–Trinajstić information content (AvgIpc) is 2.98. The Labute approximate surface area is 128 Å². The normalized spacial score (nSPS) is 28.5. The molecule has 1 amide bonds. The molecule has 1 saturated heterocycles. The molecule has 1 aromatic rings. The largest absolute Gasteiger partial charge is 0.342 e. The Balaban J connectivity index is 1.58. The summed E-state index contributed by atoms with van der Waals surface area (Å²) in [6.07, 6.45) is 6.08. The molecule has 2 heterocycles. The molecule has 0 unspecified atom stereocenters. The highest BCUT2D eigenvalue weighted by Gasteiger charge is 2.41. The number of aromatic nitrogens is 3. The molecule has 1 aromatic heterocycles. The van der Waals surface area contributed by atoms with E-state index in [-0.39, 0.29) is 18.7 Å². The smallest absolute Gasteiger partial charge is 0.248 e. The average molecular weight is 312 g/mol. The third-order valence-electron chi connectivity index (χ3n) is 4.74. The summed E-state index contributed by atoms with van der Waals surface area (Å²) in [7, 11) is 0. The van der Waals surface area contributed by atoms with Crippen LogP contribution in [0, 0.1) is 11.8 Å². The van der Waals surface area contributed by atoms with Crippen LogP contribution >= 0.6 is 0 Å². The van der Waals surface area contributed by atoms with Crippen LogP contribution in [0.15, 0.2) is 12.4 Å². The van der Waals surface area contributed by atoms with E-state index in [1.165, 1.54) is 0 Å². The minimum atomic E-state index is -2.67. The lowest BCUT2D eigenvalue weighted by molar-refractivity contribution is -0.144. The summed E-state index contributed by atoms with van der Waals surface area (Å²) in [5.41, 5.74) is 0. The summed E-state index contributed by atoms with van der Waals surface area (Å²) in [5, 5.41) is 7.73. The van der Waals surface area contributed by atoms with Gasteiger partial charge in [0, 0.05) is 44.6 Å². The van der Waals surface area contributed by atoms with Crippen molar-refractivity contribution in [2.75, 3.05) is 13.1 Å². The lowest BCUT2D eigenvalue weighted by Gasteiger charge is -2.37. The van der Waals surface area contributed by atoms with Crippen molar-refractivity contribution in [3.63, 3.8) is 0 Å². The van der Waals surface area contributed by atoms with E-state index in [0.717, 1.165) is 19.4 Å². The van der Waals surface area contributed by atoms with Crippen LogP contribution in [0.3, 0.4) is 0 Å². The number of carbonyl (C=O) groups excluding carboxylic acids is 1. The molecule has 1 aliphatic heterocycles. The van der Waals surface area contributed by atoms with E-state index in [0.29, 0.717) is 31.8 Å². The highest BCUT2D eigenvalue weighted by atomic mass is 19.3. The van der Waals surface area contributed by atoms with Gasteiger partial charge in [-0.25, -0.2) is 8.78 Å². The van der Waals surface area contributed by atoms with Gasteiger partial charge in [-0.05, 0) is 31.6 Å². The third-order valence-corrected chi connectivity index (χ3v) is 4.74. The van der Waals surface area contributed by atoms with Gasteiger partial charge in [0.1, 0.15) is 0 Å². The summed E-state index contributed by atoms with van der Waals surface area (Å²) in [6, 6.07) is 0. The van der Waals surface area contributed by atoms with Crippen molar-refractivity contribution in [3.8, 4) is 0 Å². The summed E-state index contributed by atoms with van der Waals surface area (Å²) in [6.45, 7) is 2.06. The Morgan fingerprint density at radius 3 is 2.91 bits per heavy atom. The van der Waals surface area contributed by atoms with Gasteiger partial charge in [0.2, 0.25) is 11.8 Å². The highest BCUT2D eigenvalue weighted by Crippen LogP contribution is 2.37.